The number of hydrogen-bond acceptors (Lipinski definition) is 6. The lowest BCUT2D eigenvalue weighted by Gasteiger charge is -2.29. The van der Waals surface area contributed by atoms with Gasteiger partial charge in [0.2, 0.25) is 5.28 Å². The van der Waals surface area contributed by atoms with Gasteiger partial charge in [0.25, 0.3) is 0 Å². The van der Waals surface area contributed by atoms with Gasteiger partial charge in [0.05, 0.1) is 24.4 Å². The fourth-order valence-corrected chi connectivity index (χ4v) is 4.01. The van der Waals surface area contributed by atoms with E-state index in [1.807, 2.05) is 31.4 Å². The second-order valence-corrected chi connectivity index (χ2v) is 7.73. The number of rotatable bonds is 5. The second kappa shape index (κ2) is 9.73. The van der Waals surface area contributed by atoms with E-state index in [1.165, 1.54) is 10.9 Å². The van der Waals surface area contributed by atoms with Gasteiger partial charge in [-0.05, 0) is 35.9 Å². The summed E-state index contributed by atoms with van der Waals surface area (Å²) in [5.41, 5.74) is 0.851. The third-order valence-electron chi connectivity index (χ3n) is 4.20. The molecule has 4 rings (SSSR count). The predicted molar refractivity (Wildman–Crippen MR) is 114 cm³/mol. The molecule has 1 saturated heterocycles. The van der Waals surface area contributed by atoms with Gasteiger partial charge in [-0.1, -0.05) is 36.0 Å². The van der Waals surface area contributed by atoms with E-state index >= 15 is 4.48 Å². The van der Waals surface area contributed by atoms with Crippen LogP contribution in [-0.2, 0) is 11.3 Å². The van der Waals surface area contributed by atoms with Gasteiger partial charge in [-0.3, -0.25) is 0 Å². The lowest BCUT2D eigenvalue weighted by Crippen LogP contribution is -2.42. The number of fused-ring (bicyclic) bond motifs is 1. The zero-order valence-corrected chi connectivity index (χ0v) is 18.0. The van der Waals surface area contributed by atoms with Gasteiger partial charge in [0, 0.05) is 11.5 Å². The summed E-state index contributed by atoms with van der Waals surface area (Å²) in [6.07, 6.45) is 2.99. The first kappa shape index (κ1) is 21.1. The number of nitrogens with zero attached hydrogens (tertiary/aromatic N) is 4. The highest BCUT2D eigenvalue weighted by atomic mass is 35.5. The minimum absolute atomic E-state index is 0.0530. The number of thiophene rings is 1. The normalized spacial score (nSPS) is 16.5. The summed E-state index contributed by atoms with van der Waals surface area (Å²) in [6, 6.07) is 3.58. The predicted octanol–water partition coefficient (Wildman–Crippen LogP) is 5.44. The average Bonchev–Trinajstić information content (AvgIpc) is 3.36. The first-order chi connectivity index (χ1) is 13.6. The minimum atomic E-state index is -0.392. The summed E-state index contributed by atoms with van der Waals surface area (Å²) in [5, 5.41) is 6.21. The molecule has 0 radical (unpaired) electrons. The zero-order valence-electron chi connectivity index (χ0n) is 15.7. The SMILES string of the molecule is CC.FN(C1CCCOC1)n1cc(Cl)c2nc(Cl)nc(NCc3cccs3)c21. The number of nitrogens with one attached hydrogen (secondary N) is 1. The minimum Gasteiger partial charge on any atom is -0.379 e. The molecule has 1 N–H and O–H groups in total. The molecule has 1 unspecified atom stereocenters. The fourth-order valence-electron chi connectivity index (χ4n) is 2.97. The highest BCUT2D eigenvalue weighted by molar-refractivity contribution is 7.09. The third-order valence-corrected chi connectivity index (χ3v) is 5.52. The van der Waals surface area contributed by atoms with Crippen LogP contribution in [0.25, 0.3) is 11.0 Å². The molecular weight excluding hydrogens is 424 g/mol. The van der Waals surface area contributed by atoms with Crippen LogP contribution in [-0.4, -0.2) is 33.9 Å². The Hall–Kier alpha value is -1.61. The maximum Gasteiger partial charge on any atom is 0.225 e. The van der Waals surface area contributed by atoms with Crippen LogP contribution in [0.5, 0.6) is 0 Å². The highest BCUT2D eigenvalue weighted by Crippen LogP contribution is 2.32. The van der Waals surface area contributed by atoms with Crippen molar-refractivity contribution in [3.05, 3.63) is 38.9 Å². The Kier molecular flexibility index (Phi) is 7.34. The van der Waals surface area contributed by atoms with Gasteiger partial charge in [0.15, 0.2) is 5.82 Å². The van der Waals surface area contributed by atoms with Crippen LogP contribution in [0.3, 0.4) is 0 Å². The first-order valence-electron chi connectivity index (χ1n) is 9.17. The monoisotopic (exact) mass is 445 g/mol. The van der Waals surface area contributed by atoms with Crippen molar-refractivity contribution in [1.29, 1.82) is 0 Å². The Balaban J connectivity index is 0.00000109. The van der Waals surface area contributed by atoms with Crippen LogP contribution in [0.4, 0.5) is 10.3 Å². The molecule has 3 aromatic heterocycles. The van der Waals surface area contributed by atoms with Crippen LogP contribution >= 0.6 is 34.5 Å². The van der Waals surface area contributed by atoms with Crippen LogP contribution in [0, 0.1) is 0 Å². The molecule has 0 spiro atoms. The molecule has 0 aromatic carbocycles. The van der Waals surface area contributed by atoms with E-state index in [4.69, 9.17) is 27.9 Å². The van der Waals surface area contributed by atoms with E-state index in [0.717, 1.165) is 11.3 Å². The van der Waals surface area contributed by atoms with Gasteiger partial charge >= 0.3 is 0 Å². The molecule has 0 saturated carbocycles. The van der Waals surface area contributed by atoms with Crippen molar-refractivity contribution >= 4 is 51.4 Å². The average molecular weight is 446 g/mol. The largest absolute Gasteiger partial charge is 0.379 e. The van der Waals surface area contributed by atoms with Crippen LogP contribution < -0.4 is 10.5 Å². The molecule has 1 atom stereocenters. The van der Waals surface area contributed by atoms with Crippen molar-refractivity contribution < 1.29 is 9.22 Å². The van der Waals surface area contributed by atoms with Gasteiger partial charge in [-0.2, -0.15) is 4.98 Å². The molecule has 0 amide bonds. The van der Waals surface area contributed by atoms with Gasteiger partial charge < -0.3 is 10.1 Å². The molecule has 28 heavy (non-hydrogen) atoms. The molecule has 4 heterocycles. The van der Waals surface area contributed by atoms with Crippen molar-refractivity contribution in [2.24, 2.45) is 0 Å². The zero-order chi connectivity index (χ0) is 20.1. The Bertz CT molecular complexity index is 899. The van der Waals surface area contributed by atoms with Crippen LogP contribution in [0.2, 0.25) is 10.3 Å². The summed E-state index contributed by atoms with van der Waals surface area (Å²) in [6.45, 7) is 5.52. The summed E-state index contributed by atoms with van der Waals surface area (Å²) in [5.74, 6) is 0.430. The Labute approximate surface area is 177 Å². The molecule has 1 aliphatic heterocycles. The van der Waals surface area contributed by atoms with Gasteiger partial charge in [-0.25, -0.2) is 9.66 Å². The van der Waals surface area contributed by atoms with Crippen molar-refractivity contribution in [3.8, 4) is 0 Å². The Morgan fingerprint density at radius 3 is 2.89 bits per heavy atom. The maximum atomic E-state index is 15.1. The number of halogens is 3. The van der Waals surface area contributed by atoms with E-state index in [2.05, 4.69) is 15.3 Å². The van der Waals surface area contributed by atoms with Gasteiger partial charge in [0.1, 0.15) is 17.1 Å². The molecule has 152 valence electrons. The smallest absolute Gasteiger partial charge is 0.225 e. The molecular formula is C18H22Cl2FN5OS. The number of hydrogen-bond donors (Lipinski definition) is 1. The van der Waals surface area contributed by atoms with Crippen molar-refractivity contribution in [3.63, 3.8) is 0 Å². The second-order valence-electron chi connectivity index (χ2n) is 5.95. The topological polar surface area (TPSA) is 55.2 Å². The Morgan fingerprint density at radius 1 is 1.39 bits per heavy atom. The number of anilines is 1. The van der Waals surface area contributed by atoms with Crippen LogP contribution in [0.1, 0.15) is 31.6 Å². The lowest BCUT2D eigenvalue weighted by atomic mass is 10.1. The van der Waals surface area contributed by atoms with E-state index in [-0.39, 0.29) is 5.28 Å². The maximum absolute atomic E-state index is 15.1. The standard InChI is InChI=1S/C16H16Cl2FN5OS.C2H6/c17-12-8-23(24(19)10-3-1-5-25-9-10)14-13(12)21-16(18)22-15(14)20-7-11-4-2-6-26-11;1-2/h2,4,6,8,10H,1,3,5,7,9H2,(H,20,21,22);1-2H3. The third kappa shape index (κ3) is 4.51. The quantitative estimate of drug-likeness (QED) is 0.418. The molecule has 3 aromatic rings. The molecule has 10 heteroatoms. The van der Waals surface area contributed by atoms with E-state index in [0.29, 0.717) is 53.3 Å². The highest BCUT2D eigenvalue weighted by Gasteiger charge is 2.26. The van der Waals surface area contributed by atoms with Crippen molar-refractivity contribution in [1.82, 2.24) is 14.6 Å². The van der Waals surface area contributed by atoms with Crippen molar-refractivity contribution in [2.75, 3.05) is 23.8 Å². The first-order valence-corrected chi connectivity index (χ1v) is 10.8. The summed E-state index contributed by atoms with van der Waals surface area (Å²) >= 11 is 13.9. The lowest BCUT2D eigenvalue weighted by molar-refractivity contribution is 0.0527. The summed E-state index contributed by atoms with van der Waals surface area (Å²) < 4.78 is 21.8. The molecule has 6 nitrogen and oxygen atoms in total. The number of ether oxygens (including phenoxy) is 1. The molecule has 0 bridgehead atoms. The van der Waals surface area contributed by atoms with E-state index in [1.54, 1.807) is 11.3 Å². The fraction of sp³-hybridized carbons (Fsp3) is 0.444. The molecule has 0 aliphatic carbocycles. The summed E-state index contributed by atoms with van der Waals surface area (Å²) in [7, 11) is 0. The molecule has 1 fully saturated rings. The van der Waals surface area contributed by atoms with Crippen LogP contribution in [0.15, 0.2) is 23.7 Å². The van der Waals surface area contributed by atoms with E-state index in [9.17, 15) is 0 Å². The molecule has 1 aliphatic rings. The number of aromatic nitrogens is 3. The Morgan fingerprint density at radius 2 is 2.21 bits per heavy atom. The summed E-state index contributed by atoms with van der Waals surface area (Å²) in [4.78, 5) is 9.53. The van der Waals surface area contributed by atoms with E-state index < -0.39 is 6.04 Å². The van der Waals surface area contributed by atoms with Gasteiger partial charge in [-0.15, -0.1) is 16.6 Å². The van der Waals surface area contributed by atoms with Crippen molar-refractivity contribution in [2.45, 2.75) is 39.3 Å².